The average Bonchev–Trinajstić information content (AvgIpc) is 3.17. The Kier molecular flexibility index (Phi) is 5.50. The van der Waals surface area contributed by atoms with Gasteiger partial charge >= 0.3 is 0 Å². The van der Waals surface area contributed by atoms with Crippen molar-refractivity contribution in [3.8, 4) is 5.75 Å². The van der Waals surface area contributed by atoms with Crippen molar-refractivity contribution in [2.45, 2.75) is 18.9 Å². The topological polar surface area (TPSA) is 43.6 Å². The molecule has 1 aromatic heterocycles. The van der Waals surface area contributed by atoms with E-state index in [4.69, 9.17) is 9.73 Å². The summed E-state index contributed by atoms with van der Waals surface area (Å²) >= 11 is 3.72. The minimum absolute atomic E-state index is 0.00818. The lowest BCUT2D eigenvalue weighted by Gasteiger charge is -2.30. The molecular formula is C28H21IN2O2S. The third-order valence-corrected chi connectivity index (χ3v) is 8.29. The van der Waals surface area contributed by atoms with Crippen molar-refractivity contribution in [1.82, 2.24) is 4.57 Å². The van der Waals surface area contributed by atoms with Crippen molar-refractivity contribution >= 4 is 45.7 Å². The first-order chi connectivity index (χ1) is 16.6. The van der Waals surface area contributed by atoms with Gasteiger partial charge in [0, 0.05) is 5.56 Å². The van der Waals surface area contributed by atoms with E-state index in [0.29, 0.717) is 4.53 Å². The first-order valence-electron chi connectivity index (χ1n) is 11.2. The van der Waals surface area contributed by atoms with Crippen LogP contribution in [0.2, 0.25) is 0 Å². The first kappa shape index (κ1) is 21.6. The zero-order valence-corrected chi connectivity index (χ0v) is 21.5. The van der Waals surface area contributed by atoms with Crippen LogP contribution in [0.3, 0.4) is 0 Å². The van der Waals surface area contributed by atoms with Crippen LogP contribution in [0.15, 0.2) is 88.2 Å². The summed E-state index contributed by atoms with van der Waals surface area (Å²) in [5.41, 5.74) is 6.87. The van der Waals surface area contributed by atoms with Gasteiger partial charge in [0.25, 0.3) is 5.56 Å². The van der Waals surface area contributed by atoms with Crippen LogP contribution < -0.4 is 19.6 Å². The second-order valence-corrected chi connectivity index (χ2v) is 10.6. The zero-order chi connectivity index (χ0) is 23.2. The van der Waals surface area contributed by atoms with Crippen LogP contribution in [-0.2, 0) is 6.42 Å². The smallest absolute Gasteiger partial charge is 0.271 e. The van der Waals surface area contributed by atoms with Crippen LogP contribution in [0.4, 0.5) is 0 Å². The van der Waals surface area contributed by atoms with Crippen LogP contribution in [0.25, 0.3) is 11.8 Å². The summed E-state index contributed by atoms with van der Waals surface area (Å²) in [5, 5.41) is 0. The fourth-order valence-electron chi connectivity index (χ4n) is 4.88. The fourth-order valence-corrected chi connectivity index (χ4v) is 6.64. The number of thiazole rings is 1. The molecule has 3 aromatic carbocycles. The second kappa shape index (κ2) is 8.67. The number of fused-ring (bicyclic) bond motifs is 3. The summed E-state index contributed by atoms with van der Waals surface area (Å²) < 4.78 is 8.98. The van der Waals surface area contributed by atoms with Gasteiger partial charge in [-0.15, -0.1) is 0 Å². The highest BCUT2D eigenvalue weighted by molar-refractivity contribution is 14.1. The number of aryl methyl sites for hydroxylation is 1. The van der Waals surface area contributed by atoms with Crippen LogP contribution in [0, 0.1) is 3.57 Å². The molecule has 0 bridgehead atoms. The summed E-state index contributed by atoms with van der Waals surface area (Å²) in [6.07, 6.45) is 3.82. The molecule has 0 N–H and O–H groups in total. The Morgan fingerprint density at radius 3 is 2.65 bits per heavy atom. The van der Waals surface area contributed by atoms with Gasteiger partial charge in [-0.05, 0) is 75.9 Å². The normalized spacial score (nSPS) is 17.0. The van der Waals surface area contributed by atoms with Crippen LogP contribution >= 0.6 is 33.9 Å². The molecule has 4 nitrogen and oxygen atoms in total. The van der Waals surface area contributed by atoms with Gasteiger partial charge in [0.05, 0.1) is 27.0 Å². The molecule has 0 saturated carbocycles. The highest BCUT2D eigenvalue weighted by Crippen LogP contribution is 2.41. The summed E-state index contributed by atoms with van der Waals surface area (Å²) in [7, 11) is 1.67. The highest BCUT2D eigenvalue weighted by Gasteiger charge is 2.32. The van der Waals surface area contributed by atoms with Gasteiger partial charge in [0.15, 0.2) is 4.80 Å². The Bertz CT molecular complexity index is 1630. The van der Waals surface area contributed by atoms with Gasteiger partial charge in [-0.25, -0.2) is 4.99 Å². The molecule has 34 heavy (non-hydrogen) atoms. The molecule has 0 unspecified atom stereocenters. The number of methoxy groups -OCH3 is 1. The van der Waals surface area contributed by atoms with Crippen molar-refractivity contribution in [2.24, 2.45) is 4.99 Å². The Labute approximate surface area is 214 Å². The largest absolute Gasteiger partial charge is 0.496 e. The molecule has 0 saturated heterocycles. The van der Waals surface area contributed by atoms with Gasteiger partial charge in [0.1, 0.15) is 5.75 Å². The van der Waals surface area contributed by atoms with E-state index in [9.17, 15) is 4.79 Å². The molecule has 1 aliphatic carbocycles. The molecule has 0 amide bonds. The predicted molar refractivity (Wildman–Crippen MR) is 145 cm³/mol. The summed E-state index contributed by atoms with van der Waals surface area (Å²) in [6, 6.07) is 24.7. The van der Waals surface area contributed by atoms with Crippen molar-refractivity contribution in [2.75, 3.05) is 7.11 Å². The fraction of sp³-hybridized carbons (Fsp3) is 0.143. The van der Waals surface area contributed by atoms with Crippen molar-refractivity contribution in [3.05, 3.63) is 124 Å². The third kappa shape index (κ3) is 3.56. The number of ether oxygens (including phenoxy) is 1. The Hall–Kier alpha value is -2.97. The maximum atomic E-state index is 13.8. The zero-order valence-electron chi connectivity index (χ0n) is 18.5. The quantitative estimate of drug-likeness (QED) is 0.325. The Morgan fingerprint density at radius 1 is 1.06 bits per heavy atom. The number of aromatic nitrogens is 1. The summed E-state index contributed by atoms with van der Waals surface area (Å²) in [6.45, 7) is 0. The van der Waals surface area contributed by atoms with E-state index >= 15 is 0 Å². The van der Waals surface area contributed by atoms with E-state index in [1.54, 1.807) is 7.11 Å². The van der Waals surface area contributed by atoms with E-state index in [1.807, 2.05) is 47.0 Å². The van der Waals surface area contributed by atoms with Crippen LogP contribution in [0.1, 0.15) is 34.7 Å². The van der Waals surface area contributed by atoms with Crippen molar-refractivity contribution < 1.29 is 4.74 Å². The predicted octanol–water partition coefficient (Wildman–Crippen LogP) is 4.93. The number of rotatable bonds is 3. The van der Waals surface area contributed by atoms with Crippen molar-refractivity contribution in [3.63, 3.8) is 0 Å². The molecule has 1 aliphatic heterocycles. The maximum Gasteiger partial charge on any atom is 0.271 e. The lowest BCUT2D eigenvalue weighted by molar-refractivity contribution is 0.412. The highest BCUT2D eigenvalue weighted by atomic mass is 127. The molecule has 4 aromatic rings. The van der Waals surface area contributed by atoms with E-state index in [1.165, 1.54) is 28.0 Å². The number of allylic oxidation sites excluding steroid dienone is 1. The molecular weight excluding hydrogens is 555 g/mol. The van der Waals surface area contributed by atoms with E-state index in [2.05, 4.69) is 59.0 Å². The standard InChI is InChI=1S/C28H21IN2O2S/c1-33-23-14-11-17(15-22(23)29)16-24-27(32)31-26(19-8-3-2-4-9-19)21-13-12-18-7-5-6-10-20(18)25(21)30-28(31)34-24/h2-11,14-16,26H,12-13H2,1H3/b24-16-/t26-/m0/s1. The molecule has 0 fully saturated rings. The number of benzene rings is 3. The second-order valence-electron chi connectivity index (χ2n) is 8.42. The van der Waals surface area contributed by atoms with Gasteiger partial charge in [-0.3, -0.25) is 9.36 Å². The number of hydrogen-bond acceptors (Lipinski definition) is 4. The number of hydrogen-bond donors (Lipinski definition) is 0. The minimum atomic E-state index is -0.140. The average molecular weight is 576 g/mol. The number of nitrogens with zero attached hydrogens (tertiary/aromatic N) is 2. The molecule has 168 valence electrons. The maximum absolute atomic E-state index is 13.8. The molecule has 2 heterocycles. The molecule has 0 radical (unpaired) electrons. The molecule has 1 atom stereocenters. The number of halogens is 1. The Morgan fingerprint density at radius 2 is 1.85 bits per heavy atom. The summed E-state index contributed by atoms with van der Waals surface area (Å²) in [4.78, 5) is 19.6. The Balaban J connectivity index is 1.59. The molecule has 2 aliphatic rings. The van der Waals surface area contributed by atoms with Gasteiger partial charge < -0.3 is 4.74 Å². The van der Waals surface area contributed by atoms with Gasteiger partial charge in [-0.2, -0.15) is 0 Å². The SMILES string of the molecule is COc1ccc(/C=c2\sc3n(c2=O)[C@@H](c2ccccc2)C2=C(N=3)c3ccccc3CC2)cc1I. The van der Waals surface area contributed by atoms with E-state index < -0.39 is 0 Å². The third-order valence-electron chi connectivity index (χ3n) is 6.46. The molecule has 6 rings (SSSR count). The van der Waals surface area contributed by atoms with Crippen LogP contribution in [0.5, 0.6) is 5.75 Å². The van der Waals surface area contributed by atoms with Gasteiger partial charge in [0.2, 0.25) is 0 Å². The van der Waals surface area contributed by atoms with Crippen LogP contribution in [-0.4, -0.2) is 11.7 Å². The molecule has 0 spiro atoms. The van der Waals surface area contributed by atoms with Crippen molar-refractivity contribution in [1.29, 1.82) is 0 Å². The molecule has 6 heteroatoms. The first-order valence-corrected chi connectivity index (χ1v) is 13.0. The van der Waals surface area contributed by atoms with E-state index in [0.717, 1.165) is 43.8 Å². The lowest BCUT2D eigenvalue weighted by Crippen LogP contribution is -2.38. The summed E-state index contributed by atoms with van der Waals surface area (Å²) in [5.74, 6) is 0.828. The van der Waals surface area contributed by atoms with E-state index in [-0.39, 0.29) is 11.6 Å². The van der Waals surface area contributed by atoms with Gasteiger partial charge in [-0.1, -0.05) is 72.0 Å². The monoisotopic (exact) mass is 576 g/mol. The minimum Gasteiger partial charge on any atom is -0.496 e. The lowest BCUT2D eigenvalue weighted by atomic mass is 9.83.